The van der Waals surface area contributed by atoms with E-state index >= 15 is 0 Å². The van der Waals surface area contributed by atoms with Gasteiger partial charge >= 0.3 is 5.97 Å². The van der Waals surface area contributed by atoms with Gasteiger partial charge < -0.3 is 9.72 Å². The highest BCUT2D eigenvalue weighted by Crippen LogP contribution is 2.17. The van der Waals surface area contributed by atoms with Gasteiger partial charge in [0.1, 0.15) is 5.69 Å². The first-order chi connectivity index (χ1) is 8.11. The Labute approximate surface area is 107 Å². The van der Waals surface area contributed by atoms with Crippen molar-refractivity contribution in [1.29, 1.82) is 0 Å². The maximum Gasteiger partial charge on any atom is 0.355 e. The third-order valence-corrected chi connectivity index (χ3v) is 2.59. The number of thiol groups is 1. The third kappa shape index (κ3) is 3.31. The molecule has 0 aliphatic carbocycles. The molecule has 0 atom stereocenters. The van der Waals surface area contributed by atoms with E-state index in [1.165, 1.54) is 0 Å². The van der Waals surface area contributed by atoms with Crippen LogP contribution < -0.4 is 0 Å². The molecule has 0 spiro atoms. The summed E-state index contributed by atoms with van der Waals surface area (Å²) in [4.78, 5) is 14.7. The van der Waals surface area contributed by atoms with Crippen LogP contribution in [0, 0.1) is 25.7 Å². The van der Waals surface area contributed by atoms with Crippen LogP contribution in [0.5, 0.6) is 0 Å². The van der Waals surface area contributed by atoms with Crippen molar-refractivity contribution in [2.24, 2.45) is 0 Å². The van der Waals surface area contributed by atoms with Gasteiger partial charge in [0.05, 0.1) is 6.61 Å². The summed E-state index contributed by atoms with van der Waals surface area (Å²) in [6, 6.07) is 0. The van der Waals surface area contributed by atoms with Gasteiger partial charge in [0.15, 0.2) is 0 Å². The summed E-state index contributed by atoms with van der Waals surface area (Å²) in [7, 11) is 0. The minimum absolute atomic E-state index is 0.324. The van der Waals surface area contributed by atoms with Gasteiger partial charge in [0, 0.05) is 23.4 Å². The molecular formula is C13H17NO2S. The number of aromatic nitrogens is 1. The van der Waals surface area contributed by atoms with Gasteiger partial charge in [-0.05, 0) is 26.3 Å². The fourth-order valence-electron chi connectivity index (χ4n) is 1.55. The van der Waals surface area contributed by atoms with Crippen molar-refractivity contribution in [2.45, 2.75) is 27.2 Å². The normalized spacial score (nSPS) is 9.65. The van der Waals surface area contributed by atoms with Gasteiger partial charge in [0.2, 0.25) is 0 Å². The molecule has 1 aromatic rings. The Hall–Kier alpha value is -1.34. The van der Waals surface area contributed by atoms with E-state index in [0.29, 0.717) is 12.3 Å². The number of aryl methyl sites for hydroxylation is 1. The molecule has 92 valence electrons. The van der Waals surface area contributed by atoms with Crippen molar-refractivity contribution < 1.29 is 9.53 Å². The minimum atomic E-state index is -0.324. The second kappa shape index (κ2) is 6.41. The molecule has 3 nitrogen and oxygen atoms in total. The predicted molar refractivity (Wildman–Crippen MR) is 71.6 cm³/mol. The van der Waals surface area contributed by atoms with Crippen LogP contribution in [0.25, 0.3) is 0 Å². The maximum absolute atomic E-state index is 11.6. The lowest BCUT2D eigenvalue weighted by Crippen LogP contribution is -2.06. The molecule has 1 heterocycles. The molecule has 0 fully saturated rings. The largest absolute Gasteiger partial charge is 0.461 e. The molecule has 17 heavy (non-hydrogen) atoms. The smallest absolute Gasteiger partial charge is 0.355 e. The minimum Gasteiger partial charge on any atom is -0.461 e. The van der Waals surface area contributed by atoms with E-state index in [1.54, 1.807) is 6.92 Å². The molecule has 0 amide bonds. The summed E-state index contributed by atoms with van der Waals surface area (Å²) < 4.78 is 4.97. The molecule has 0 unspecified atom stereocenters. The Morgan fingerprint density at radius 2 is 2.18 bits per heavy atom. The fraction of sp³-hybridized carbons (Fsp3) is 0.462. The first-order valence-corrected chi connectivity index (χ1v) is 6.21. The second-order valence-electron chi connectivity index (χ2n) is 3.62. The first-order valence-electron chi connectivity index (χ1n) is 5.57. The van der Waals surface area contributed by atoms with E-state index < -0.39 is 0 Å². The number of carbonyl (C=O) groups excluding carboxylic acids is 1. The molecular weight excluding hydrogens is 234 g/mol. The molecule has 0 radical (unpaired) electrons. The first kappa shape index (κ1) is 13.7. The molecule has 0 aliphatic heterocycles. The lowest BCUT2D eigenvalue weighted by Gasteiger charge is -1.99. The second-order valence-corrected chi connectivity index (χ2v) is 4.07. The third-order valence-electron chi connectivity index (χ3n) is 2.37. The summed E-state index contributed by atoms with van der Waals surface area (Å²) in [5.74, 6) is 6.49. The zero-order chi connectivity index (χ0) is 12.8. The number of hydrogen-bond acceptors (Lipinski definition) is 3. The topological polar surface area (TPSA) is 42.1 Å². The van der Waals surface area contributed by atoms with E-state index in [2.05, 4.69) is 29.5 Å². The quantitative estimate of drug-likeness (QED) is 0.492. The summed E-state index contributed by atoms with van der Waals surface area (Å²) >= 11 is 4.10. The summed E-state index contributed by atoms with van der Waals surface area (Å²) in [5.41, 5.74) is 3.14. The lowest BCUT2D eigenvalue weighted by atomic mass is 10.1. The monoisotopic (exact) mass is 251 g/mol. The molecule has 1 rings (SSSR count). The number of ether oxygens (including phenoxy) is 1. The van der Waals surface area contributed by atoms with E-state index in [9.17, 15) is 4.79 Å². The van der Waals surface area contributed by atoms with Crippen LogP contribution in [0.15, 0.2) is 0 Å². The van der Waals surface area contributed by atoms with Crippen molar-refractivity contribution in [3.8, 4) is 11.8 Å². The molecule has 0 saturated heterocycles. The number of rotatable bonds is 3. The Morgan fingerprint density at radius 1 is 1.47 bits per heavy atom. The average molecular weight is 251 g/mol. The molecule has 0 bridgehead atoms. The lowest BCUT2D eigenvalue weighted by molar-refractivity contribution is 0.0519. The Balaban J connectivity index is 3.03. The standard InChI is InChI=1S/C13H17NO2S/c1-4-16-13(15)12-9(2)11(10(3)14-12)7-5-6-8-17/h14,17H,4,6,8H2,1-3H3. The number of hydrogen-bond donors (Lipinski definition) is 2. The van der Waals surface area contributed by atoms with Crippen molar-refractivity contribution in [3.63, 3.8) is 0 Å². The Bertz CT molecular complexity index is 466. The van der Waals surface area contributed by atoms with Crippen molar-refractivity contribution in [3.05, 3.63) is 22.5 Å². The highest BCUT2D eigenvalue weighted by Gasteiger charge is 2.16. The van der Waals surface area contributed by atoms with Crippen LogP contribution in [0.2, 0.25) is 0 Å². The average Bonchev–Trinajstić information content (AvgIpc) is 2.57. The van der Waals surface area contributed by atoms with Crippen molar-refractivity contribution in [2.75, 3.05) is 12.4 Å². The van der Waals surface area contributed by atoms with E-state index in [0.717, 1.165) is 29.0 Å². The fourth-order valence-corrected chi connectivity index (χ4v) is 1.66. The number of nitrogens with one attached hydrogen (secondary N) is 1. The highest BCUT2D eigenvalue weighted by atomic mass is 32.1. The van der Waals surface area contributed by atoms with Crippen LogP contribution in [0.4, 0.5) is 0 Å². The zero-order valence-electron chi connectivity index (χ0n) is 10.4. The molecule has 0 aliphatic rings. The zero-order valence-corrected chi connectivity index (χ0v) is 11.3. The van der Waals surface area contributed by atoms with Crippen LogP contribution in [-0.4, -0.2) is 23.3 Å². The van der Waals surface area contributed by atoms with Crippen LogP contribution >= 0.6 is 12.6 Å². The Kier molecular flexibility index (Phi) is 5.17. The SMILES string of the molecule is CCOC(=O)c1[nH]c(C)c(C#CCCS)c1C. The van der Waals surface area contributed by atoms with Gasteiger partial charge in [0.25, 0.3) is 0 Å². The number of H-pyrrole nitrogens is 1. The van der Waals surface area contributed by atoms with Crippen LogP contribution in [0.1, 0.15) is 40.7 Å². The maximum atomic E-state index is 11.6. The highest BCUT2D eigenvalue weighted by molar-refractivity contribution is 7.80. The number of aromatic amines is 1. The van der Waals surface area contributed by atoms with Gasteiger partial charge in [-0.1, -0.05) is 11.8 Å². The summed E-state index contributed by atoms with van der Waals surface area (Å²) in [6.07, 6.45) is 0.738. The van der Waals surface area contributed by atoms with E-state index in [-0.39, 0.29) is 5.97 Å². The Morgan fingerprint density at radius 3 is 2.76 bits per heavy atom. The molecule has 4 heteroatoms. The molecule has 1 N–H and O–H groups in total. The summed E-state index contributed by atoms with van der Waals surface area (Å²) in [6.45, 7) is 5.94. The van der Waals surface area contributed by atoms with Crippen LogP contribution in [-0.2, 0) is 4.74 Å². The molecule has 0 saturated carbocycles. The molecule has 1 aromatic heterocycles. The number of esters is 1. The van der Waals surface area contributed by atoms with E-state index in [4.69, 9.17) is 4.74 Å². The van der Waals surface area contributed by atoms with Gasteiger partial charge in [-0.25, -0.2) is 4.79 Å². The van der Waals surface area contributed by atoms with Crippen molar-refractivity contribution in [1.82, 2.24) is 4.98 Å². The number of carbonyl (C=O) groups is 1. The van der Waals surface area contributed by atoms with Crippen LogP contribution in [0.3, 0.4) is 0 Å². The van der Waals surface area contributed by atoms with E-state index in [1.807, 2.05) is 13.8 Å². The predicted octanol–water partition coefficient (Wildman–Crippen LogP) is 2.48. The van der Waals surface area contributed by atoms with Crippen molar-refractivity contribution >= 4 is 18.6 Å². The summed E-state index contributed by atoms with van der Waals surface area (Å²) in [5, 5.41) is 0. The molecule has 0 aromatic carbocycles. The van der Waals surface area contributed by atoms with Gasteiger partial charge in [-0.15, -0.1) is 0 Å². The van der Waals surface area contributed by atoms with Gasteiger partial charge in [-0.3, -0.25) is 0 Å². The van der Waals surface area contributed by atoms with Gasteiger partial charge in [-0.2, -0.15) is 12.6 Å².